The van der Waals surface area contributed by atoms with Gasteiger partial charge in [0.1, 0.15) is 4.83 Å². The highest BCUT2D eigenvalue weighted by Crippen LogP contribution is 2.26. The van der Waals surface area contributed by atoms with Crippen molar-refractivity contribution in [1.82, 2.24) is 19.4 Å². The molecule has 7 heteroatoms. The predicted octanol–water partition coefficient (Wildman–Crippen LogP) is 3.08. The van der Waals surface area contributed by atoms with Crippen LogP contribution >= 0.6 is 11.3 Å². The lowest BCUT2D eigenvalue weighted by molar-refractivity contribution is 0.0956. The van der Waals surface area contributed by atoms with Crippen LogP contribution in [0, 0.1) is 6.92 Å². The third-order valence-electron chi connectivity index (χ3n) is 4.76. The van der Waals surface area contributed by atoms with Gasteiger partial charge in [-0.15, -0.1) is 11.3 Å². The van der Waals surface area contributed by atoms with Gasteiger partial charge in [0.25, 0.3) is 11.5 Å². The highest BCUT2D eigenvalue weighted by molar-refractivity contribution is 7.20. The number of carbonyl (C=O) groups excluding carboxylic acids is 1. The maximum absolute atomic E-state index is 12.6. The largest absolute Gasteiger partial charge is 0.351 e. The molecule has 0 spiro atoms. The first-order chi connectivity index (χ1) is 13.1. The Kier molecular flexibility index (Phi) is 4.53. The minimum absolute atomic E-state index is 0.118. The van der Waals surface area contributed by atoms with Gasteiger partial charge in [-0.1, -0.05) is 18.2 Å². The number of hydrogen-bond donors (Lipinski definition) is 1. The zero-order chi connectivity index (χ0) is 19.0. The van der Waals surface area contributed by atoms with Gasteiger partial charge in [-0.3, -0.25) is 9.59 Å². The standard InChI is InChI=1S/C20H20N4O2S/c1-13-16-19(22-12-23(2)20(16)26)27-17(13)18(25)21-9-5-10-24-11-8-14-6-3-4-7-15(14)24/h3-4,6-8,11-12H,5,9-10H2,1-2H3,(H,21,25). The Morgan fingerprint density at radius 1 is 1.26 bits per heavy atom. The van der Waals surface area contributed by atoms with Gasteiger partial charge in [0.2, 0.25) is 0 Å². The zero-order valence-corrected chi connectivity index (χ0v) is 16.0. The fraction of sp³-hybridized carbons (Fsp3) is 0.250. The molecule has 0 fully saturated rings. The van der Waals surface area contributed by atoms with Gasteiger partial charge in [0.05, 0.1) is 16.6 Å². The van der Waals surface area contributed by atoms with Crippen molar-refractivity contribution in [2.45, 2.75) is 19.9 Å². The van der Waals surface area contributed by atoms with Gasteiger partial charge in [-0.05, 0) is 36.4 Å². The molecule has 1 amide bonds. The predicted molar refractivity (Wildman–Crippen MR) is 108 cm³/mol. The lowest BCUT2D eigenvalue weighted by Gasteiger charge is -2.07. The normalized spacial score (nSPS) is 11.3. The number of carbonyl (C=O) groups is 1. The molecule has 3 aromatic heterocycles. The van der Waals surface area contributed by atoms with E-state index in [9.17, 15) is 9.59 Å². The molecule has 0 aliphatic heterocycles. The van der Waals surface area contributed by atoms with E-state index in [1.807, 2.05) is 19.1 Å². The van der Waals surface area contributed by atoms with Crippen LogP contribution in [0.2, 0.25) is 0 Å². The van der Waals surface area contributed by atoms with Crippen molar-refractivity contribution < 1.29 is 4.79 Å². The number of nitrogens with one attached hydrogen (secondary N) is 1. The van der Waals surface area contributed by atoms with Crippen LogP contribution in [0.5, 0.6) is 0 Å². The molecule has 1 aromatic carbocycles. The van der Waals surface area contributed by atoms with Crippen LogP contribution in [-0.4, -0.2) is 26.6 Å². The van der Waals surface area contributed by atoms with Crippen molar-refractivity contribution in [1.29, 1.82) is 0 Å². The molecule has 138 valence electrons. The summed E-state index contributed by atoms with van der Waals surface area (Å²) in [7, 11) is 1.66. The summed E-state index contributed by atoms with van der Waals surface area (Å²) in [5.41, 5.74) is 1.79. The van der Waals surface area contributed by atoms with Gasteiger partial charge in [-0.25, -0.2) is 4.98 Å². The SMILES string of the molecule is Cc1c(C(=O)NCCCn2ccc3ccccc32)sc2ncn(C)c(=O)c12. The number of amides is 1. The van der Waals surface area contributed by atoms with E-state index in [4.69, 9.17) is 0 Å². The van der Waals surface area contributed by atoms with Crippen LogP contribution in [0.1, 0.15) is 21.7 Å². The van der Waals surface area contributed by atoms with Crippen molar-refractivity contribution in [3.63, 3.8) is 0 Å². The Balaban J connectivity index is 1.43. The molecule has 4 aromatic rings. The molecule has 3 heterocycles. The number of aryl methyl sites for hydroxylation is 3. The average molecular weight is 380 g/mol. The number of rotatable bonds is 5. The summed E-state index contributed by atoms with van der Waals surface area (Å²) < 4.78 is 3.63. The summed E-state index contributed by atoms with van der Waals surface area (Å²) in [6, 6.07) is 10.4. The number of fused-ring (bicyclic) bond motifs is 2. The quantitative estimate of drug-likeness (QED) is 0.541. The first kappa shape index (κ1) is 17.5. The first-order valence-electron chi connectivity index (χ1n) is 8.83. The van der Waals surface area contributed by atoms with E-state index in [1.54, 1.807) is 7.05 Å². The summed E-state index contributed by atoms with van der Waals surface area (Å²) in [6.45, 7) is 3.22. The molecule has 0 bridgehead atoms. The van der Waals surface area contributed by atoms with E-state index < -0.39 is 0 Å². The van der Waals surface area contributed by atoms with Crippen LogP contribution in [0.25, 0.3) is 21.1 Å². The van der Waals surface area contributed by atoms with Crippen LogP contribution in [0.4, 0.5) is 0 Å². The van der Waals surface area contributed by atoms with Crippen LogP contribution in [0.15, 0.2) is 47.7 Å². The van der Waals surface area contributed by atoms with E-state index in [2.05, 4.69) is 39.3 Å². The van der Waals surface area contributed by atoms with Gasteiger partial charge in [-0.2, -0.15) is 0 Å². The molecule has 0 aliphatic carbocycles. The molecule has 0 unspecified atom stereocenters. The number of nitrogens with zero attached hydrogens (tertiary/aromatic N) is 3. The summed E-state index contributed by atoms with van der Waals surface area (Å²) in [5, 5.41) is 4.72. The molecule has 27 heavy (non-hydrogen) atoms. The Morgan fingerprint density at radius 2 is 2.07 bits per heavy atom. The average Bonchev–Trinajstić information content (AvgIpc) is 3.23. The summed E-state index contributed by atoms with van der Waals surface area (Å²) in [5.74, 6) is -0.144. The first-order valence-corrected chi connectivity index (χ1v) is 9.64. The minimum atomic E-state index is -0.144. The lowest BCUT2D eigenvalue weighted by Crippen LogP contribution is -2.25. The van der Waals surface area contributed by atoms with Crippen molar-refractivity contribution in [3.05, 3.63) is 63.7 Å². The molecule has 0 saturated heterocycles. The lowest BCUT2D eigenvalue weighted by atomic mass is 10.2. The van der Waals surface area contributed by atoms with Crippen LogP contribution in [-0.2, 0) is 13.6 Å². The highest BCUT2D eigenvalue weighted by atomic mass is 32.1. The van der Waals surface area contributed by atoms with Gasteiger partial charge in [0.15, 0.2) is 0 Å². The molecular weight excluding hydrogens is 360 g/mol. The van der Waals surface area contributed by atoms with E-state index in [1.165, 1.54) is 33.1 Å². The monoisotopic (exact) mass is 380 g/mol. The molecule has 0 atom stereocenters. The summed E-state index contributed by atoms with van der Waals surface area (Å²) in [4.78, 5) is 30.3. The summed E-state index contributed by atoms with van der Waals surface area (Å²) >= 11 is 1.27. The van der Waals surface area contributed by atoms with Gasteiger partial charge in [0, 0.05) is 31.9 Å². The van der Waals surface area contributed by atoms with Crippen LogP contribution in [0.3, 0.4) is 0 Å². The Bertz CT molecular complexity index is 1200. The maximum Gasteiger partial charge on any atom is 0.262 e. The van der Waals surface area contributed by atoms with Crippen molar-refractivity contribution in [2.24, 2.45) is 7.05 Å². The van der Waals surface area contributed by atoms with Gasteiger partial charge < -0.3 is 14.5 Å². The number of thiophene rings is 1. The third kappa shape index (κ3) is 3.14. The Hall–Kier alpha value is -2.93. The van der Waals surface area contributed by atoms with E-state index >= 15 is 0 Å². The second-order valence-corrected chi connectivity index (χ2v) is 7.57. The number of hydrogen-bond acceptors (Lipinski definition) is 4. The number of para-hydroxylation sites is 1. The number of benzene rings is 1. The fourth-order valence-electron chi connectivity index (χ4n) is 3.29. The van der Waals surface area contributed by atoms with Crippen LogP contribution < -0.4 is 10.9 Å². The van der Waals surface area contributed by atoms with E-state index in [0.717, 1.165) is 13.0 Å². The maximum atomic E-state index is 12.6. The molecule has 0 aliphatic rings. The second kappa shape index (κ2) is 7.00. The molecular formula is C20H20N4O2S. The molecule has 1 N–H and O–H groups in total. The minimum Gasteiger partial charge on any atom is -0.351 e. The van der Waals surface area contributed by atoms with E-state index in [0.29, 0.717) is 27.2 Å². The topological polar surface area (TPSA) is 68.9 Å². The molecule has 6 nitrogen and oxygen atoms in total. The molecule has 0 saturated carbocycles. The highest BCUT2D eigenvalue weighted by Gasteiger charge is 2.18. The molecule has 4 rings (SSSR count). The molecule has 0 radical (unpaired) electrons. The number of aromatic nitrogens is 3. The van der Waals surface area contributed by atoms with Crippen molar-refractivity contribution >= 4 is 38.4 Å². The Morgan fingerprint density at radius 3 is 2.93 bits per heavy atom. The second-order valence-electron chi connectivity index (χ2n) is 6.57. The van der Waals surface area contributed by atoms with Crippen molar-refractivity contribution in [2.75, 3.05) is 6.54 Å². The van der Waals surface area contributed by atoms with Gasteiger partial charge >= 0.3 is 0 Å². The smallest absolute Gasteiger partial charge is 0.262 e. The third-order valence-corrected chi connectivity index (χ3v) is 5.96. The zero-order valence-electron chi connectivity index (χ0n) is 15.2. The van der Waals surface area contributed by atoms with E-state index in [-0.39, 0.29) is 11.5 Å². The van der Waals surface area contributed by atoms with Crippen molar-refractivity contribution in [3.8, 4) is 0 Å². The fourth-order valence-corrected chi connectivity index (χ4v) is 4.35. The Labute approximate surface area is 160 Å². The summed E-state index contributed by atoms with van der Waals surface area (Å²) in [6.07, 6.45) is 4.39.